The number of hydrogen-bond acceptors (Lipinski definition) is 3. The van der Waals surface area contributed by atoms with Gasteiger partial charge in [0.05, 0.1) is 4.88 Å². The maximum Gasteiger partial charge on any atom is 0.265 e. The van der Waals surface area contributed by atoms with Crippen molar-refractivity contribution in [3.8, 4) is 0 Å². The van der Waals surface area contributed by atoms with Crippen LogP contribution >= 0.6 is 11.3 Å². The lowest BCUT2D eigenvalue weighted by Gasteiger charge is -2.11. The van der Waals surface area contributed by atoms with Crippen molar-refractivity contribution in [2.75, 3.05) is 19.4 Å². The largest absolute Gasteiger partial charge is 0.321 e. The summed E-state index contributed by atoms with van der Waals surface area (Å²) in [5.41, 5.74) is 3.24. The van der Waals surface area contributed by atoms with Crippen molar-refractivity contribution in [3.63, 3.8) is 0 Å². The molecule has 1 heterocycles. The van der Waals surface area contributed by atoms with Crippen molar-refractivity contribution in [1.29, 1.82) is 0 Å². The Labute approximate surface area is 130 Å². The van der Waals surface area contributed by atoms with Crippen molar-refractivity contribution in [2.24, 2.45) is 0 Å². The Bertz CT molecular complexity index is 631. The first kappa shape index (κ1) is 15.7. The van der Waals surface area contributed by atoms with Gasteiger partial charge in [0.1, 0.15) is 0 Å². The first-order chi connectivity index (χ1) is 9.99. The van der Waals surface area contributed by atoms with Gasteiger partial charge in [-0.3, -0.25) is 4.79 Å². The van der Waals surface area contributed by atoms with Gasteiger partial charge >= 0.3 is 0 Å². The summed E-state index contributed by atoms with van der Waals surface area (Å²) in [6, 6.07) is 9.98. The summed E-state index contributed by atoms with van der Waals surface area (Å²) >= 11 is 1.58. The average molecular weight is 302 g/mol. The highest BCUT2D eigenvalue weighted by molar-refractivity contribution is 7.14. The minimum Gasteiger partial charge on any atom is -0.321 e. The van der Waals surface area contributed by atoms with Crippen LogP contribution in [0.15, 0.2) is 30.3 Å². The molecule has 21 heavy (non-hydrogen) atoms. The standard InChI is InChI=1S/C17H22N2OS/c1-5-15-12(2)9-16(21-15)17(20)18-14-8-6-7-13(10-14)11-19(3)4/h6-10H,5,11H2,1-4H3,(H,18,20). The average Bonchev–Trinajstić information content (AvgIpc) is 2.79. The van der Waals surface area contributed by atoms with Crippen LogP contribution in [0.1, 0.15) is 32.6 Å². The summed E-state index contributed by atoms with van der Waals surface area (Å²) in [5, 5.41) is 2.99. The third-order valence-electron chi connectivity index (χ3n) is 3.25. The smallest absolute Gasteiger partial charge is 0.265 e. The van der Waals surface area contributed by atoms with Gasteiger partial charge in [0.15, 0.2) is 0 Å². The van der Waals surface area contributed by atoms with Gasteiger partial charge in [-0.1, -0.05) is 19.1 Å². The van der Waals surface area contributed by atoms with Crippen molar-refractivity contribution in [1.82, 2.24) is 4.90 Å². The Hall–Kier alpha value is -1.65. The molecule has 0 atom stereocenters. The van der Waals surface area contributed by atoms with Gasteiger partial charge in [0.2, 0.25) is 0 Å². The summed E-state index contributed by atoms with van der Waals surface area (Å²) < 4.78 is 0. The van der Waals surface area contributed by atoms with Crippen LogP contribution in [0.2, 0.25) is 0 Å². The van der Waals surface area contributed by atoms with Crippen molar-refractivity contribution < 1.29 is 4.79 Å². The quantitative estimate of drug-likeness (QED) is 0.907. The number of benzene rings is 1. The molecule has 0 saturated heterocycles. The summed E-state index contributed by atoms with van der Waals surface area (Å²) in [5.74, 6) is -0.0233. The fourth-order valence-corrected chi connectivity index (χ4v) is 3.30. The fraction of sp³-hybridized carbons (Fsp3) is 0.353. The van der Waals surface area contributed by atoms with Crippen LogP contribution in [-0.4, -0.2) is 24.9 Å². The molecule has 1 N–H and O–H groups in total. The molecule has 2 rings (SSSR count). The number of amides is 1. The second-order valence-electron chi connectivity index (χ2n) is 5.46. The maximum absolute atomic E-state index is 12.3. The van der Waals surface area contributed by atoms with E-state index in [4.69, 9.17) is 0 Å². The minimum absolute atomic E-state index is 0.0233. The van der Waals surface area contributed by atoms with Gasteiger partial charge in [0, 0.05) is 17.1 Å². The Morgan fingerprint density at radius 2 is 2.05 bits per heavy atom. The number of anilines is 1. The normalized spacial score (nSPS) is 10.9. The molecule has 0 bridgehead atoms. The first-order valence-corrected chi connectivity index (χ1v) is 7.95. The monoisotopic (exact) mass is 302 g/mol. The molecule has 0 saturated carbocycles. The van der Waals surface area contributed by atoms with E-state index in [0.29, 0.717) is 0 Å². The molecule has 1 amide bonds. The van der Waals surface area contributed by atoms with Gasteiger partial charge < -0.3 is 10.2 Å². The van der Waals surface area contributed by atoms with Crippen molar-refractivity contribution in [2.45, 2.75) is 26.8 Å². The molecule has 1 aromatic heterocycles. The van der Waals surface area contributed by atoms with Crippen LogP contribution in [0.3, 0.4) is 0 Å². The number of carbonyl (C=O) groups is 1. The van der Waals surface area contributed by atoms with Crippen molar-refractivity contribution >= 4 is 22.9 Å². The molecule has 0 aliphatic rings. The second-order valence-corrected chi connectivity index (χ2v) is 6.60. The molecular formula is C17H22N2OS. The molecule has 0 radical (unpaired) electrons. The lowest BCUT2D eigenvalue weighted by atomic mass is 10.2. The molecule has 112 valence electrons. The van der Waals surface area contributed by atoms with Gasteiger partial charge in [-0.25, -0.2) is 0 Å². The van der Waals surface area contributed by atoms with E-state index < -0.39 is 0 Å². The zero-order valence-corrected chi connectivity index (χ0v) is 13.9. The molecule has 0 aliphatic heterocycles. The first-order valence-electron chi connectivity index (χ1n) is 7.14. The van der Waals surface area contributed by atoms with Crippen LogP contribution in [0.4, 0.5) is 5.69 Å². The van der Waals surface area contributed by atoms with Crippen LogP contribution < -0.4 is 5.32 Å². The van der Waals surface area contributed by atoms with Crippen LogP contribution in [-0.2, 0) is 13.0 Å². The Kier molecular flexibility index (Phi) is 5.15. The minimum atomic E-state index is -0.0233. The summed E-state index contributed by atoms with van der Waals surface area (Å²) in [7, 11) is 4.07. The maximum atomic E-state index is 12.3. The number of nitrogens with zero attached hydrogens (tertiary/aromatic N) is 1. The van der Waals surface area contributed by atoms with E-state index in [0.717, 1.165) is 23.5 Å². The molecule has 0 spiro atoms. The third kappa shape index (κ3) is 4.16. The molecular weight excluding hydrogens is 280 g/mol. The van der Waals surface area contributed by atoms with Gasteiger partial charge in [-0.2, -0.15) is 0 Å². The summed E-state index contributed by atoms with van der Waals surface area (Å²) in [6.07, 6.45) is 0.974. The predicted molar refractivity (Wildman–Crippen MR) is 90.2 cm³/mol. The highest BCUT2D eigenvalue weighted by Gasteiger charge is 2.12. The van der Waals surface area contributed by atoms with Crippen molar-refractivity contribution in [3.05, 3.63) is 51.2 Å². The molecule has 0 unspecified atom stereocenters. The molecule has 1 aromatic carbocycles. The van der Waals surface area contributed by atoms with E-state index in [9.17, 15) is 4.79 Å². The Morgan fingerprint density at radius 1 is 1.29 bits per heavy atom. The highest BCUT2D eigenvalue weighted by atomic mass is 32.1. The zero-order chi connectivity index (χ0) is 15.4. The van der Waals surface area contributed by atoms with E-state index in [1.54, 1.807) is 11.3 Å². The SMILES string of the molecule is CCc1sc(C(=O)Nc2cccc(CN(C)C)c2)cc1C. The topological polar surface area (TPSA) is 32.3 Å². The number of rotatable bonds is 5. The van der Waals surface area contributed by atoms with E-state index in [1.807, 2.05) is 38.4 Å². The Balaban J connectivity index is 2.11. The summed E-state index contributed by atoms with van der Waals surface area (Å²) in [4.78, 5) is 16.5. The molecule has 4 heteroatoms. The van der Waals surface area contributed by atoms with E-state index in [-0.39, 0.29) is 5.91 Å². The molecule has 0 fully saturated rings. The van der Waals surface area contributed by atoms with Crippen LogP contribution in [0, 0.1) is 6.92 Å². The summed E-state index contributed by atoms with van der Waals surface area (Å²) in [6.45, 7) is 5.04. The predicted octanol–water partition coefficient (Wildman–Crippen LogP) is 3.93. The van der Waals surface area contributed by atoms with E-state index >= 15 is 0 Å². The van der Waals surface area contributed by atoms with E-state index in [2.05, 4.69) is 30.1 Å². The number of hydrogen-bond donors (Lipinski definition) is 1. The highest BCUT2D eigenvalue weighted by Crippen LogP contribution is 2.23. The number of thiophene rings is 1. The zero-order valence-electron chi connectivity index (χ0n) is 13.1. The van der Waals surface area contributed by atoms with Gasteiger partial charge in [0.25, 0.3) is 5.91 Å². The van der Waals surface area contributed by atoms with E-state index in [1.165, 1.54) is 16.0 Å². The fourth-order valence-electron chi connectivity index (χ4n) is 2.29. The molecule has 2 aromatic rings. The lowest BCUT2D eigenvalue weighted by Crippen LogP contribution is -2.12. The van der Waals surface area contributed by atoms with Crippen LogP contribution in [0.5, 0.6) is 0 Å². The number of carbonyl (C=O) groups excluding carboxylic acids is 1. The van der Waals surface area contributed by atoms with Crippen LogP contribution in [0.25, 0.3) is 0 Å². The number of aryl methyl sites for hydroxylation is 2. The molecule has 0 aliphatic carbocycles. The lowest BCUT2D eigenvalue weighted by molar-refractivity contribution is 0.103. The molecule has 3 nitrogen and oxygen atoms in total. The second kappa shape index (κ2) is 6.87. The number of nitrogens with one attached hydrogen (secondary N) is 1. The van der Waals surface area contributed by atoms with Gasteiger partial charge in [-0.15, -0.1) is 11.3 Å². The third-order valence-corrected chi connectivity index (χ3v) is 4.63. The Morgan fingerprint density at radius 3 is 2.67 bits per heavy atom. The van der Waals surface area contributed by atoms with Gasteiger partial charge in [-0.05, 0) is 56.8 Å².